The highest BCUT2D eigenvalue weighted by Crippen LogP contribution is 2.42. The predicted molar refractivity (Wildman–Crippen MR) is 130 cm³/mol. The number of methoxy groups -OCH3 is 1. The first kappa shape index (κ1) is 22.7. The van der Waals surface area contributed by atoms with Crippen LogP contribution in [0.5, 0.6) is 5.75 Å². The first-order valence-electron chi connectivity index (χ1n) is 10.9. The van der Waals surface area contributed by atoms with Gasteiger partial charge in [-0.1, -0.05) is 60.8 Å². The van der Waals surface area contributed by atoms with E-state index in [0.717, 1.165) is 42.6 Å². The Bertz CT molecular complexity index is 1030. The van der Waals surface area contributed by atoms with E-state index in [1.807, 2.05) is 54.6 Å². The van der Waals surface area contributed by atoms with E-state index in [1.54, 1.807) is 23.8 Å². The number of fused-ring (bicyclic) bond motifs is 1. The van der Waals surface area contributed by atoms with Gasteiger partial charge in [-0.2, -0.15) is 0 Å². The van der Waals surface area contributed by atoms with Crippen LogP contribution in [0.1, 0.15) is 36.8 Å². The third-order valence-electron chi connectivity index (χ3n) is 5.99. The number of amides is 2. The van der Waals surface area contributed by atoms with Gasteiger partial charge in [-0.15, -0.1) is 11.8 Å². The van der Waals surface area contributed by atoms with Crippen LogP contribution < -0.4 is 10.1 Å². The Hall–Kier alpha value is -2.44. The minimum Gasteiger partial charge on any atom is -0.496 e. The van der Waals surface area contributed by atoms with E-state index < -0.39 is 0 Å². The quantitative estimate of drug-likeness (QED) is 0.610. The van der Waals surface area contributed by atoms with Gasteiger partial charge in [0.05, 0.1) is 12.0 Å². The fraction of sp³-hybridized carbons (Fsp3) is 0.360. The highest BCUT2D eigenvalue weighted by molar-refractivity contribution is 8.04. The van der Waals surface area contributed by atoms with Crippen molar-refractivity contribution >= 4 is 41.3 Å². The highest BCUT2D eigenvalue weighted by atomic mass is 35.5. The van der Waals surface area contributed by atoms with Crippen LogP contribution in [-0.2, 0) is 16.1 Å². The van der Waals surface area contributed by atoms with E-state index >= 15 is 0 Å². The normalized spacial score (nSPS) is 21.9. The first-order valence-corrected chi connectivity index (χ1v) is 12.1. The molecule has 2 aromatic rings. The van der Waals surface area contributed by atoms with Crippen LogP contribution in [0, 0.1) is 0 Å². The lowest BCUT2D eigenvalue weighted by atomic mass is 9.93. The second kappa shape index (κ2) is 10.5. The van der Waals surface area contributed by atoms with E-state index in [1.165, 1.54) is 0 Å². The van der Waals surface area contributed by atoms with Crippen molar-refractivity contribution in [3.63, 3.8) is 0 Å². The van der Waals surface area contributed by atoms with Gasteiger partial charge in [-0.05, 0) is 36.6 Å². The van der Waals surface area contributed by atoms with Crippen LogP contribution in [0.15, 0.2) is 53.4 Å². The maximum Gasteiger partial charge on any atom is 0.261 e. The molecule has 2 atom stereocenters. The SMILES string of the molecule is COc1ccccc1CNC(=O)CN1C(=O)/C(=C\c2ccccc2Cl)SC2CCCCC21. The monoisotopic (exact) mass is 470 g/mol. The van der Waals surface area contributed by atoms with Crippen LogP contribution in [0.2, 0.25) is 5.02 Å². The molecule has 2 amide bonds. The molecule has 0 aromatic heterocycles. The molecule has 1 heterocycles. The Kier molecular flexibility index (Phi) is 7.43. The van der Waals surface area contributed by atoms with Crippen molar-refractivity contribution in [2.24, 2.45) is 0 Å². The van der Waals surface area contributed by atoms with E-state index in [-0.39, 0.29) is 24.4 Å². The van der Waals surface area contributed by atoms with Gasteiger partial charge in [-0.25, -0.2) is 0 Å². The van der Waals surface area contributed by atoms with Crippen molar-refractivity contribution < 1.29 is 14.3 Å². The minimum atomic E-state index is -0.169. The molecule has 0 radical (unpaired) electrons. The van der Waals surface area contributed by atoms with Crippen LogP contribution in [0.4, 0.5) is 0 Å². The van der Waals surface area contributed by atoms with Gasteiger partial charge in [0.15, 0.2) is 0 Å². The number of nitrogens with zero attached hydrogens (tertiary/aromatic N) is 1. The van der Waals surface area contributed by atoms with E-state index in [4.69, 9.17) is 16.3 Å². The van der Waals surface area contributed by atoms with Crippen LogP contribution in [-0.4, -0.2) is 41.7 Å². The maximum atomic E-state index is 13.4. The van der Waals surface area contributed by atoms with Crippen LogP contribution in [0.25, 0.3) is 6.08 Å². The van der Waals surface area contributed by atoms with Gasteiger partial charge in [0.2, 0.25) is 5.91 Å². The summed E-state index contributed by atoms with van der Waals surface area (Å²) < 4.78 is 5.36. The fourth-order valence-electron chi connectivity index (χ4n) is 4.35. The number of hydrogen-bond donors (Lipinski definition) is 1. The summed E-state index contributed by atoms with van der Waals surface area (Å²) in [5, 5.41) is 3.86. The molecule has 2 aliphatic rings. The lowest BCUT2D eigenvalue weighted by Crippen LogP contribution is -2.54. The van der Waals surface area contributed by atoms with Gasteiger partial charge in [0, 0.05) is 28.4 Å². The number of thioether (sulfide) groups is 1. The first-order chi connectivity index (χ1) is 15.6. The zero-order valence-corrected chi connectivity index (χ0v) is 19.6. The van der Waals surface area contributed by atoms with Gasteiger partial charge in [0.25, 0.3) is 5.91 Å². The Morgan fingerprint density at radius 2 is 1.94 bits per heavy atom. The summed E-state index contributed by atoms with van der Waals surface area (Å²) in [4.78, 5) is 28.6. The zero-order chi connectivity index (χ0) is 22.5. The number of halogens is 1. The zero-order valence-electron chi connectivity index (χ0n) is 18.1. The number of ether oxygens (including phenoxy) is 1. The maximum absolute atomic E-state index is 13.4. The molecular formula is C25H27ClN2O3S. The van der Waals surface area contributed by atoms with Gasteiger partial charge in [-0.3, -0.25) is 9.59 Å². The molecule has 0 bridgehead atoms. The number of hydrogen-bond acceptors (Lipinski definition) is 4. The Morgan fingerprint density at radius 1 is 1.19 bits per heavy atom. The molecule has 7 heteroatoms. The molecule has 168 valence electrons. The molecule has 0 spiro atoms. The average Bonchev–Trinajstić information content (AvgIpc) is 2.82. The summed E-state index contributed by atoms with van der Waals surface area (Å²) >= 11 is 7.96. The second-order valence-electron chi connectivity index (χ2n) is 8.06. The van der Waals surface area contributed by atoms with Gasteiger partial charge < -0.3 is 15.0 Å². The van der Waals surface area contributed by atoms with Gasteiger partial charge in [0.1, 0.15) is 12.3 Å². The van der Waals surface area contributed by atoms with Crippen LogP contribution in [0.3, 0.4) is 0 Å². The molecule has 2 unspecified atom stereocenters. The summed E-state index contributed by atoms with van der Waals surface area (Å²) in [5.74, 6) is 0.471. The molecule has 1 aliphatic heterocycles. The molecular weight excluding hydrogens is 444 g/mol. The van der Waals surface area contributed by atoms with Crippen LogP contribution >= 0.6 is 23.4 Å². The minimum absolute atomic E-state index is 0.0512. The van der Waals surface area contributed by atoms with Crippen molar-refractivity contribution in [1.29, 1.82) is 0 Å². The number of para-hydroxylation sites is 1. The lowest BCUT2D eigenvalue weighted by molar-refractivity contribution is -0.135. The molecule has 1 N–H and O–H groups in total. The van der Waals surface area contributed by atoms with Crippen molar-refractivity contribution in [3.8, 4) is 5.75 Å². The molecule has 5 nitrogen and oxygen atoms in total. The largest absolute Gasteiger partial charge is 0.496 e. The fourth-order valence-corrected chi connectivity index (χ4v) is 6.00. The topological polar surface area (TPSA) is 58.6 Å². The van der Waals surface area contributed by atoms with Crippen molar-refractivity contribution in [2.75, 3.05) is 13.7 Å². The van der Waals surface area contributed by atoms with Gasteiger partial charge >= 0.3 is 0 Å². The van der Waals surface area contributed by atoms with Crippen molar-refractivity contribution in [3.05, 3.63) is 69.6 Å². The van der Waals surface area contributed by atoms with E-state index in [0.29, 0.717) is 21.7 Å². The third-order valence-corrected chi connectivity index (χ3v) is 7.74. The third kappa shape index (κ3) is 5.13. The standard InChI is InChI=1S/C25H27ClN2O3S/c1-31-21-12-6-3-9-18(21)15-27-24(29)16-28-20-11-5-7-13-22(20)32-23(25(28)30)14-17-8-2-4-10-19(17)26/h2-4,6,8-10,12,14,20,22H,5,7,11,13,15-16H2,1H3,(H,27,29)/b23-14+. The molecule has 1 aliphatic carbocycles. The Balaban J connectivity index is 1.50. The van der Waals surface area contributed by atoms with Crippen molar-refractivity contribution in [1.82, 2.24) is 10.2 Å². The lowest BCUT2D eigenvalue weighted by Gasteiger charge is -2.43. The highest BCUT2D eigenvalue weighted by Gasteiger charge is 2.41. The molecule has 1 saturated heterocycles. The predicted octanol–water partition coefficient (Wildman–Crippen LogP) is 4.89. The Morgan fingerprint density at radius 3 is 2.75 bits per heavy atom. The Labute approximate surface area is 198 Å². The molecule has 1 saturated carbocycles. The number of benzene rings is 2. The summed E-state index contributed by atoms with van der Waals surface area (Å²) in [7, 11) is 1.61. The number of carbonyl (C=O) groups excluding carboxylic acids is 2. The van der Waals surface area contributed by atoms with E-state index in [9.17, 15) is 9.59 Å². The number of rotatable bonds is 6. The average molecular weight is 471 g/mol. The summed E-state index contributed by atoms with van der Waals surface area (Å²) in [6, 6.07) is 15.2. The van der Waals surface area contributed by atoms with Crippen molar-refractivity contribution in [2.45, 2.75) is 43.5 Å². The summed E-state index contributed by atoms with van der Waals surface area (Å²) in [6.07, 6.45) is 6.07. The molecule has 2 fully saturated rings. The number of nitrogens with one attached hydrogen (secondary N) is 1. The summed E-state index contributed by atoms with van der Waals surface area (Å²) in [6.45, 7) is 0.408. The smallest absolute Gasteiger partial charge is 0.261 e. The molecule has 4 rings (SSSR count). The number of carbonyl (C=O) groups is 2. The summed E-state index contributed by atoms with van der Waals surface area (Å²) in [5.41, 5.74) is 1.72. The second-order valence-corrected chi connectivity index (χ2v) is 9.75. The van der Waals surface area contributed by atoms with E-state index in [2.05, 4.69) is 5.32 Å². The molecule has 32 heavy (non-hydrogen) atoms. The molecule has 2 aromatic carbocycles.